The number of benzene rings is 1. The van der Waals surface area contributed by atoms with E-state index < -0.39 is 0 Å². The smallest absolute Gasteiger partial charge is 0.254 e. The first-order valence-corrected chi connectivity index (χ1v) is 9.92. The van der Waals surface area contributed by atoms with Gasteiger partial charge < -0.3 is 19.9 Å². The third kappa shape index (κ3) is 4.00. The van der Waals surface area contributed by atoms with E-state index in [2.05, 4.69) is 22.1 Å². The molecule has 28 heavy (non-hydrogen) atoms. The van der Waals surface area contributed by atoms with Crippen LogP contribution in [0, 0.1) is 6.92 Å². The predicted octanol–water partition coefficient (Wildman–Crippen LogP) is 1.72. The molecule has 0 spiro atoms. The number of morpholine rings is 1. The Morgan fingerprint density at radius 1 is 1.18 bits per heavy atom. The van der Waals surface area contributed by atoms with E-state index in [0.717, 1.165) is 55.6 Å². The van der Waals surface area contributed by atoms with Crippen molar-refractivity contribution in [2.75, 3.05) is 50.8 Å². The number of aryl methyl sites for hydroxylation is 1. The molecular weight excluding hydrogens is 354 g/mol. The number of carbonyl (C=O) groups excluding carboxylic acids is 1. The van der Waals surface area contributed by atoms with Crippen molar-refractivity contribution >= 4 is 11.9 Å². The molecular formula is C21H27N5O2. The number of piperazine rings is 1. The maximum atomic E-state index is 13.0. The molecule has 1 N–H and O–H groups in total. The molecule has 2 saturated heterocycles. The molecule has 4 rings (SSSR count). The average Bonchev–Trinajstić information content (AvgIpc) is 2.74. The fourth-order valence-electron chi connectivity index (χ4n) is 3.73. The van der Waals surface area contributed by atoms with Gasteiger partial charge in [0.15, 0.2) is 0 Å². The summed E-state index contributed by atoms with van der Waals surface area (Å²) in [5.41, 5.74) is 3.40. The van der Waals surface area contributed by atoms with Gasteiger partial charge >= 0.3 is 0 Å². The van der Waals surface area contributed by atoms with Gasteiger partial charge in [-0.3, -0.25) is 4.79 Å². The van der Waals surface area contributed by atoms with Crippen LogP contribution in [-0.4, -0.2) is 72.8 Å². The zero-order valence-electron chi connectivity index (χ0n) is 16.5. The van der Waals surface area contributed by atoms with Gasteiger partial charge in [0.25, 0.3) is 5.91 Å². The van der Waals surface area contributed by atoms with Crippen molar-refractivity contribution in [2.24, 2.45) is 0 Å². The Morgan fingerprint density at radius 3 is 2.79 bits per heavy atom. The Morgan fingerprint density at radius 2 is 2.00 bits per heavy atom. The van der Waals surface area contributed by atoms with Crippen molar-refractivity contribution in [3.05, 3.63) is 41.6 Å². The van der Waals surface area contributed by atoms with Gasteiger partial charge in [-0.15, -0.1) is 0 Å². The van der Waals surface area contributed by atoms with E-state index in [9.17, 15) is 4.79 Å². The Labute approximate surface area is 165 Å². The number of amides is 1. The first kappa shape index (κ1) is 18.8. The lowest BCUT2D eigenvalue weighted by atomic mass is 10.1. The van der Waals surface area contributed by atoms with Crippen LogP contribution in [-0.2, 0) is 4.74 Å². The van der Waals surface area contributed by atoms with E-state index in [1.165, 1.54) is 0 Å². The first-order chi connectivity index (χ1) is 13.6. The lowest BCUT2D eigenvalue weighted by molar-refractivity contribution is 0.0656. The highest BCUT2D eigenvalue weighted by molar-refractivity contribution is 5.95. The quantitative estimate of drug-likeness (QED) is 0.873. The summed E-state index contributed by atoms with van der Waals surface area (Å²) in [6.07, 6.45) is 0. The number of ether oxygens (including phenoxy) is 1. The highest BCUT2D eigenvalue weighted by Gasteiger charge is 2.24. The van der Waals surface area contributed by atoms with Crippen LogP contribution in [0.4, 0.5) is 5.95 Å². The van der Waals surface area contributed by atoms with E-state index in [1.54, 1.807) is 0 Å². The number of aromatic nitrogens is 2. The van der Waals surface area contributed by atoms with Crippen molar-refractivity contribution in [3.63, 3.8) is 0 Å². The lowest BCUT2D eigenvalue weighted by Crippen LogP contribution is -2.52. The molecule has 2 aliphatic heterocycles. The molecule has 1 atom stereocenters. The summed E-state index contributed by atoms with van der Waals surface area (Å²) in [6.45, 7) is 9.44. The third-order valence-corrected chi connectivity index (χ3v) is 5.30. The van der Waals surface area contributed by atoms with Crippen LogP contribution < -0.4 is 10.2 Å². The highest BCUT2D eigenvalue weighted by atomic mass is 16.5. The minimum absolute atomic E-state index is 0.0787. The molecule has 1 unspecified atom stereocenters. The van der Waals surface area contributed by atoms with E-state index in [0.29, 0.717) is 18.8 Å². The van der Waals surface area contributed by atoms with Crippen LogP contribution in [0.15, 0.2) is 30.3 Å². The average molecular weight is 381 g/mol. The number of carbonyl (C=O) groups is 1. The van der Waals surface area contributed by atoms with Crippen molar-refractivity contribution < 1.29 is 9.53 Å². The highest BCUT2D eigenvalue weighted by Crippen LogP contribution is 2.23. The van der Waals surface area contributed by atoms with Crippen molar-refractivity contribution in [1.82, 2.24) is 20.2 Å². The number of hydrogen-bond donors (Lipinski definition) is 1. The van der Waals surface area contributed by atoms with Crippen molar-refractivity contribution in [2.45, 2.75) is 19.9 Å². The Kier molecular flexibility index (Phi) is 5.54. The van der Waals surface area contributed by atoms with Gasteiger partial charge in [0, 0.05) is 55.6 Å². The summed E-state index contributed by atoms with van der Waals surface area (Å²) in [4.78, 5) is 26.5. The number of anilines is 1. The summed E-state index contributed by atoms with van der Waals surface area (Å²) < 4.78 is 5.43. The molecule has 2 aliphatic rings. The van der Waals surface area contributed by atoms with Gasteiger partial charge in [0.1, 0.15) is 0 Å². The molecule has 0 aliphatic carbocycles. The summed E-state index contributed by atoms with van der Waals surface area (Å²) in [7, 11) is 0. The molecule has 1 aromatic carbocycles. The Bertz CT molecular complexity index is 850. The maximum Gasteiger partial charge on any atom is 0.254 e. The molecule has 0 bridgehead atoms. The van der Waals surface area contributed by atoms with Crippen LogP contribution in [0.5, 0.6) is 0 Å². The molecule has 1 aromatic heterocycles. The maximum absolute atomic E-state index is 13.0. The summed E-state index contributed by atoms with van der Waals surface area (Å²) in [6, 6.07) is 9.93. The van der Waals surface area contributed by atoms with Gasteiger partial charge in [-0.2, -0.15) is 0 Å². The van der Waals surface area contributed by atoms with E-state index in [-0.39, 0.29) is 11.9 Å². The second-order valence-corrected chi connectivity index (χ2v) is 7.43. The van der Waals surface area contributed by atoms with Gasteiger partial charge in [-0.25, -0.2) is 9.97 Å². The van der Waals surface area contributed by atoms with E-state index in [4.69, 9.17) is 9.72 Å². The molecule has 2 aromatic rings. The largest absolute Gasteiger partial charge is 0.378 e. The number of rotatable bonds is 3. The second-order valence-electron chi connectivity index (χ2n) is 7.43. The SMILES string of the molecule is Cc1cc(-c2cccc(C(=O)N3CCNCC3C)c2)nc(N2CCOCC2)n1. The van der Waals surface area contributed by atoms with Crippen LogP contribution in [0.3, 0.4) is 0 Å². The number of nitrogens with zero attached hydrogens (tertiary/aromatic N) is 4. The molecule has 7 nitrogen and oxygen atoms in total. The van der Waals surface area contributed by atoms with Crippen molar-refractivity contribution in [3.8, 4) is 11.3 Å². The Hall–Kier alpha value is -2.51. The standard InChI is InChI=1S/C21H27N5O2/c1-15-12-19(24-21(23-15)25-8-10-28-11-9-25)17-4-3-5-18(13-17)20(27)26-7-6-22-14-16(26)2/h3-5,12-13,16,22H,6-11,14H2,1-2H3. The van der Waals surface area contributed by atoms with Gasteiger partial charge in [0.2, 0.25) is 5.95 Å². The number of nitrogens with one attached hydrogen (secondary N) is 1. The van der Waals surface area contributed by atoms with Crippen molar-refractivity contribution in [1.29, 1.82) is 0 Å². The fraction of sp³-hybridized carbons (Fsp3) is 0.476. The Balaban J connectivity index is 1.62. The first-order valence-electron chi connectivity index (χ1n) is 9.92. The van der Waals surface area contributed by atoms with Gasteiger partial charge in [-0.1, -0.05) is 12.1 Å². The van der Waals surface area contributed by atoms with Crippen LogP contribution in [0.2, 0.25) is 0 Å². The normalized spacial score (nSPS) is 20.3. The minimum atomic E-state index is 0.0787. The molecule has 0 saturated carbocycles. The lowest BCUT2D eigenvalue weighted by Gasteiger charge is -2.34. The predicted molar refractivity (Wildman–Crippen MR) is 109 cm³/mol. The number of hydrogen-bond acceptors (Lipinski definition) is 6. The van der Waals surface area contributed by atoms with Crippen LogP contribution in [0.1, 0.15) is 23.0 Å². The molecule has 7 heteroatoms. The van der Waals surface area contributed by atoms with E-state index >= 15 is 0 Å². The molecule has 148 valence electrons. The molecule has 2 fully saturated rings. The summed E-state index contributed by atoms with van der Waals surface area (Å²) >= 11 is 0. The summed E-state index contributed by atoms with van der Waals surface area (Å²) in [5.74, 6) is 0.806. The summed E-state index contributed by atoms with van der Waals surface area (Å²) in [5, 5.41) is 3.33. The molecule has 3 heterocycles. The fourth-order valence-corrected chi connectivity index (χ4v) is 3.73. The zero-order chi connectivity index (χ0) is 19.5. The molecule has 1 amide bonds. The monoisotopic (exact) mass is 381 g/mol. The third-order valence-electron chi connectivity index (χ3n) is 5.30. The zero-order valence-corrected chi connectivity index (χ0v) is 16.5. The van der Waals surface area contributed by atoms with Crippen LogP contribution >= 0.6 is 0 Å². The van der Waals surface area contributed by atoms with Gasteiger partial charge in [0.05, 0.1) is 18.9 Å². The van der Waals surface area contributed by atoms with E-state index in [1.807, 2.05) is 42.2 Å². The van der Waals surface area contributed by atoms with Gasteiger partial charge in [-0.05, 0) is 32.0 Å². The topological polar surface area (TPSA) is 70.6 Å². The minimum Gasteiger partial charge on any atom is -0.378 e. The molecule has 0 radical (unpaired) electrons. The van der Waals surface area contributed by atoms with Crippen LogP contribution in [0.25, 0.3) is 11.3 Å². The second kappa shape index (κ2) is 8.24.